The van der Waals surface area contributed by atoms with E-state index in [1.54, 1.807) is 0 Å². The number of nitrogens with zero attached hydrogens (tertiary/aromatic N) is 2. The van der Waals surface area contributed by atoms with Gasteiger partial charge in [0.05, 0.1) is 6.04 Å². The highest BCUT2D eigenvalue weighted by molar-refractivity contribution is 6.18. The first-order valence-corrected chi connectivity index (χ1v) is 6.20. The number of carbonyl (C=O) groups excluding carboxylic acids is 1. The van der Waals surface area contributed by atoms with Crippen LogP contribution >= 0.6 is 11.6 Å². The Kier molecular flexibility index (Phi) is 3.24. The maximum atomic E-state index is 11.9. The molecule has 1 aromatic rings. The number of carbonyl (C=O) groups is 1. The maximum absolute atomic E-state index is 11.9. The van der Waals surface area contributed by atoms with Crippen LogP contribution in [-0.2, 0) is 11.3 Å². The average Bonchev–Trinajstić information content (AvgIpc) is 2.62. The lowest BCUT2D eigenvalue weighted by Crippen LogP contribution is -2.41. The number of alkyl halides is 1. The summed E-state index contributed by atoms with van der Waals surface area (Å²) in [5, 5.41) is 0. The molecule has 0 saturated heterocycles. The number of rotatable bonds is 2. The molecule has 0 saturated carbocycles. The van der Waals surface area contributed by atoms with Gasteiger partial charge < -0.3 is 9.47 Å². The third-order valence-corrected chi connectivity index (χ3v) is 3.51. The zero-order valence-electron chi connectivity index (χ0n) is 9.74. The van der Waals surface area contributed by atoms with Crippen molar-refractivity contribution < 1.29 is 4.79 Å². The van der Waals surface area contributed by atoms with E-state index in [-0.39, 0.29) is 11.9 Å². The SMILES string of the molecule is Cc1ccc2n1CCN(C(=O)CCCl)C2C. The first-order valence-electron chi connectivity index (χ1n) is 5.66. The molecule has 1 aliphatic heterocycles. The molecule has 2 rings (SSSR count). The third-order valence-electron chi connectivity index (χ3n) is 3.32. The van der Waals surface area contributed by atoms with Crippen molar-refractivity contribution in [2.75, 3.05) is 12.4 Å². The first-order chi connectivity index (χ1) is 7.65. The Balaban J connectivity index is 2.21. The number of hydrogen-bond acceptors (Lipinski definition) is 1. The average molecular weight is 241 g/mol. The Morgan fingerprint density at radius 2 is 2.25 bits per heavy atom. The molecule has 1 amide bonds. The van der Waals surface area contributed by atoms with E-state index < -0.39 is 0 Å². The van der Waals surface area contributed by atoms with Crippen molar-refractivity contribution in [1.29, 1.82) is 0 Å². The summed E-state index contributed by atoms with van der Waals surface area (Å²) in [5.74, 6) is 0.565. The van der Waals surface area contributed by atoms with Crippen LogP contribution in [0.3, 0.4) is 0 Å². The van der Waals surface area contributed by atoms with E-state index in [0.717, 1.165) is 13.1 Å². The van der Waals surface area contributed by atoms with Gasteiger partial charge in [0.1, 0.15) is 0 Å². The van der Waals surface area contributed by atoms with E-state index in [4.69, 9.17) is 11.6 Å². The summed E-state index contributed by atoms with van der Waals surface area (Å²) in [6, 6.07) is 4.39. The highest BCUT2D eigenvalue weighted by Crippen LogP contribution is 2.27. The van der Waals surface area contributed by atoms with Crippen LogP contribution in [0.25, 0.3) is 0 Å². The highest BCUT2D eigenvalue weighted by Gasteiger charge is 2.27. The molecule has 0 bridgehead atoms. The summed E-state index contributed by atoms with van der Waals surface area (Å²) in [5.41, 5.74) is 2.50. The van der Waals surface area contributed by atoms with E-state index in [9.17, 15) is 4.79 Å². The molecule has 1 unspecified atom stereocenters. The fourth-order valence-corrected chi connectivity index (χ4v) is 2.55. The Hall–Kier alpha value is -0.960. The molecular weight excluding hydrogens is 224 g/mol. The van der Waals surface area contributed by atoms with Crippen molar-refractivity contribution >= 4 is 17.5 Å². The van der Waals surface area contributed by atoms with Crippen molar-refractivity contribution in [3.8, 4) is 0 Å². The molecule has 3 nitrogen and oxygen atoms in total. The van der Waals surface area contributed by atoms with Gasteiger partial charge in [-0.25, -0.2) is 0 Å². The van der Waals surface area contributed by atoms with Gasteiger partial charge in [-0.05, 0) is 26.0 Å². The van der Waals surface area contributed by atoms with Gasteiger partial charge in [-0.3, -0.25) is 4.79 Å². The summed E-state index contributed by atoms with van der Waals surface area (Å²) in [7, 11) is 0. The Labute approximate surface area is 101 Å². The van der Waals surface area contributed by atoms with E-state index in [2.05, 4.69) is 30.5 Å². The quantitative estimate of drug-likeness (QED) is 0.729. The smallest absolute Gasteiger partial charge is 0.224 e. The molecule has 0 spiro atoms. The monoisotopic (exact) mass is 240 g/mol. The summed E-state index contributed by atoms with van der Waals surface area (Å²) in [6.45, 7) is 5.87. The second kappa shape index (κ2) is 4.50. The van der Waals surface area contributed by atoms with Gasteiger partial charge in [0.25, 0.3) is 0 Å². The lowest BCUT2D eigenvalue weighted by Gasteiger charge is -2.35. The number of aryl methyl sites for hydroxylation is 1. The van der Waals surface area contributed by atoms with Crippen molar-refractivity contribution in [2.45, 2.75) is 32.9 Å². The van der Waals surface area contributed by atoms with Crippen LogP contribution in [0.1, 0.15) is 30.8 Å². The molecule has 4 heteroatoms. The normalized spacial score (nSPS) is 19.7. The number of hydrogen-bond donors (Lipinski definition) is 0. The van der Waals surface area contributed by atoms with Crippen molar-refractivity contribution in [2.24, 2.45) is 0 Å². The predicted molar refractivity (Wildman–Crippen MR) is 64.6 cm³/mol. The number of fused-ring (bicyclic) bond motifs is 1. The van der Waals surface area contributed by atoms with Crippen molar-refractivity contribution in [3.63, 3.8) is 0 Å². The number of halogens is 1. The predicted octanol–water partition coefficient (Wildman–Crippen LogP) is 2.33. The summed E-state index contributed by atoms with van der Waals surface area (Å²) >= 11 is 5.61. The highest BCUT2D eigenvalue weighted by atomic mass is 35.5. The Morgan fingerprint density at radius 3 is 2.94 bits per heavy atom. The third kappa shape index (κ3) is 1.84. The van der Waals surface area contributed by atoms with Gasteiger partial charge in [-0.2, -0.15) is 0 Å². The van der Waals surface area contributed by atoms with Crippen LogP contribution in [0.4, 0.5) is 0 Å². The molecule has 0 aliphatic carbocycles. The molecule has 1 atom stereocenters. The lowest BCUT2D eigenvalue weighted by molar-refractivity contribution is -0.134. The van der Waals surface area contributed by atoms with E-state index >= 15 is 0 Å². The lowest BCUT2D eigenvalue weighted by atomic mass is 10.1. The molecule has 0 N–H and O–H groups in total. The maximum Gasteiger partial charge on any atom is 0.224 e. The summed E-state index contributed by atoms with van der Waals surface area (Å²) in [4.78, 5) is 13.8. The van der Waals surface area contributed by atoms with E-state index in [1.807, 2.05) is 4.90 Å². The standard InChI is InChI=1S/C12H17ClN2O/c1-9-3-4-11-10(2)15(8-7-14(9)11)12(16)5-6-13/h3-4,10H,5-8H2,1-2H3. The Bertz CT molecular complexity index is 400. The summed E-state index contributed by atoms with van der Waals surface area (Å²) < 4.78 is 2.29. The molecule has 0 fully saturated rings. The minimum absolute atomic E-state index is 0.160. The van der Waals surface area contributed by atoms with Crippen LogP contribution in [0, 0.1) is 6.92 Å². The molecule has 16 heavy (non-hydrogen) atoms. The van der Waals surface area contributed by atoms with Crippen LogP contribution in [-0.4, -0.2) is 27.8 Å². The van der Waals surface area contributed by atoms with Gasteiger partial charge in [0.2, 0.25) is 5.91 Å². The van der Waals surface area contributed by atoms with Crippen LogP contribution in [0.2, 0.25) is 0 Å². The van der Waals surface area contributed by atoms with Gasteiger partial charge in [-0.15, -0.1) is 11.6 Å². The molecule has 0 aromatic carbocycles. The van der Waals surface area contributed by atoms with Gasteiger partial charge in [0, 0.05) is 36.8 Å². The largest absolute Gasteiger partial charge is 0.345 e. The van der Waals surface area contributed by atoms with Crippen LogP contribution in [0.5, 0.6) is 0 Å². The molecule has 2 heterocycles. The zero-order valence-corrected chi connectivity index (χ0v) is 10.5. The molecule has 88 valence electrons. The fourth-order valence-electron chi connectivity index (χ4n) is 2.39. The van der Waals surface area contributed by atoms with Crippen molar-refractivity contribution in [1.82, 2.24) is 9.47 Å². The number of amides is 1. The van der Waals surface area contributed by atoms with E-state index in [0.29, 0.717) is 12.3 Å². The zero-order chi connectivity index (χ0) is 11.7. The second-order valence-corrected chi connectivity index (χ2v) is 4.63. The minimum atomic E-state index is 0.160. The topological polar surface area (TPSA) is 25.2 Å². The number of aromatic nitrogens is 1. The minimum Gasteiger partial charge on any atom is -0.345 e. The van der Waals surface area contributed by atoms with Gasteiger partial charge in [-0.1, -0.05) is 0 Å². The Morgan fingerprint density at radius 1 is 1.50 bits per heavy atom. The molecule has 1 aliphatic rings. The van der Waals surface area contributed by atoms with Crippen LogP contribution < -0.4 is 0 Å². The van der Waals surface area contributed by atoms with Crippen LogP contribution in [0.15, 0.2) is 12.1 Å². The second-order valence-electron chi connectivity index (χ2n) is 4.25. The summed E-state index contributed by atoms with van der Waals surface area (Å²) in [6.07, 6.45) is 0.436. The molecule has 0 radical (unpaired) electrons. The molecule has 1 aromatic heterocycles. The van der Waals surface area contributed by atoms with Crippen molar-refractivity contribution in [3.05, 3.63) is 23.5 Å². The fraction of sp³-hybridized carbons (Fsp3) is 0.583. The van der Waals surface area contributed by atoms with Gasteiger partial charge in [0.15, 0.2) is 0 Å². The molecular formula is C12H17ClN2O. The first kappa shape index (κ1) is 11.5. The van der Waals surface area contributed by atoms with E-state index in [1.165, 1.54) is 11.4 Å². The van der Waals surface area contributed by atoms with Gasteiger partial charge >= 0.3 is 0 Å².